The molecular formula is C24H23NO4. The lowest BCUT2D eigenvalue weighted by Crippen LogP contribution is -2.35. The normalized spacial score (nSPS) is 11.5. The predicted molar refractivity (Wildman–Crippen MR) is 110 cm³/mol. The van der Waals surface area contributed by atoms with Crippen molar-refractivity contribution in [1.82, 2.24) is 5.32 Å². The molecule has 3 aromatic rings. The van der Waals surface area contributed by atoms with Crippen LogP contribution in [0.5, 0.6) is 5.75 Å². The van der Waals surface area contributed by atoms with Gasteiger partial charge in [0.2, 0.25) is 0 Å². The van der Waals surface area contributed by atoms with Crippen LogP contribution in [0.15, 0.2) is 91.0 Å². The van der Waals surface area contributed by atoms with Crippen molar-refractivity contribution in [3.63, 3.8) is 0 Å². The maximum atomic E-state index is 12.5. The van der Waals surface area contributed by atoms with Crippen molar-refractivity contribution in [3.8, 4) is 5.75 Å². The highest BCUT2D eigenvalue weighted by molar-refractivity contribution is 5.82. The fourth-order valence-corrected chi connectivity index (χ4v) is 2.86. The summed E-state index contributed by atoms with van der Waals surface area (Å²) in [7, 11) is 0. The second-order valence-electron chi connectivity index (χ2n) is 6.50. The van der Waals surface area contributed by atoms with Gasteiger partial charge < -0.3 is 14.8 Å². The Hall–Kier alpha value is -3.60. The zero-order valence-corrected chi connectivity index (χ0v) is 16.2. The van der Waals surface area contributed by atoms with Crippen LogP contribution in [0.4, 0.5) is 0 Å². The lowest BCUT2D eigenvalue weighted by molar-refractivity contribution is -0.154. The quantitative estimate of drug-likeness (QED) is 0.594. The van der Waals surface area contributed by atoms with Crippen LogP contribution in [0.1, 0.15) is 24.1 Å². The molecule has 0 heterocycles. The molecule has 1 N–H and O–H groups in total. The van der Waals surface area contributed by atoms with Gasteiger partial charge in [-0.15, -0.1) is 0 Å². The molecule has 0 saturated carbocycles. The molecule has 0 bridgehead atoms. The van der Waals surface area contributed by atoms with Crippen LogP contribution in [0.25, 0.3) is 0 Å². The minimum atomic E-state index is -0.816. The number of rotatable bonds is 8. The lowest BCUT2D eigenvalue weighted by atomic mass is 9.99. The highest BCUT2D eigenvalue weighted by Gasteiger charge is 2.20. The second-order valence-corrected chi connectivity index (χ2v) is 6.50. The number of nitrogens with one attached hydrogen (secondary N) is 1. The van der Waals surface area contributed by atoms with Crippen molar-refractivity contribution in [3.05, 3.63) is 102 Å². The topological polar surface area (TPSA) is 64.6 Å². The predicted octanol–water partition coefficient (Wildman–Crippen LogP) is 3.90. The summed E-state index contributed by atoms with van der Waals surface area (Å²) in [5.74, 6) is -0.419. The molecule has 0 aliphatic rings. The van der Waals surface area contributed by atoms with Gasteiger partial charge in [0.05, 0.1) is 6.04 Å². The fourth-order valence-electron chi connectivity index (χ4n) is 2.86. The van der Waals surface area contributed by atoms with Crippen LogP contribution < -0.4 is 10.1 Å². The standard InChI is InChI=1S/C24H23NO4/c1-18(29-21-15-9-4-10-16-21)24(27)28-17-22(26)25-23(19-11-5-2-6-12-19)20-13-7-3-8-14-20/h2-16,18,23H,17H2,1H3,(H,25,26)/t18-/m0/s1. The Balaban J connectivity index is 1.58. The number of hydrogen-bond acceptors (Lipinski definition) is 4. The average Bonchev–Trinajstić information content (AvgIpc) is 2.77. The average molecular weight is 389 g/mol. The maximum absolute atomic E-state index is 12.5. The van der Waals surface area contributed by atoms with Crippen molar-refractivity contribution in [2.45, 2.75) is 19.1 Å². The molecule has 1 amide bonds. The summed E-state index contributed by atoms with van der Waals surface area (Å²) < 4.78 is 10.7. The zero-order valence-electron chi connectivity index (χ0n) is 16.2. The summed E-state index contributed by atoms with van der Waals surface area (Å²) in [5, 5.41) is 2.94. The molecule has 29 heavy (non-hydrogen) atoms. The molecule has 148 valence electrons. The van der Waals surface area contributed by atoms with Crippen LogP contribution in [0.3, 0.4) is 0 Å². The Morgan fingerprint density at radius 2 is 1.28 bits per heavy atom. The molecule has 3 aromatic carbocycles. The number of para-hydroxylation sites is 1. The van der Waals surface area contributed by atoms with E-state index in [0.717, 1.165) is 11.1 Å². The first kappa shape index (κ1) is 20.1. The third-order valence-electron chi connectivity index (χ3n) is 4.30. The largest absolute Gasteiger partial charge is 0.479 e. The van der Waals surface area contributed by atoms with Gasteiger partial charge in [-0.1, -0.05) is 78.9 Å². The molecule has 0 spiro atoms. The Morgan fingerprint density at radius 3 is 1.79 bits per heavy atom. The van der Waals surface area contributed by atoms with Crippen LogP contribution in [-0.4, -0.2) is 24.6 Å². The molecular weight excluding hydrogens is 366 g/mol. The first-order chi connectivity index (χ1) is 14.1. The van der Waals surface area contributed by atoms with Crippen LogP contribution in [0, 0.1) is 0 Å². The van der Waals surface area contributed by atoms with E-state index in [2.05, 4.69) is 5.32 Å². The summed E-state index contributed by atoms with van der Waals surface area (Å²) in [5.41, 5.74) is 1.89. The zero-order chi connectivity index (χ0) is 20.5. The molecule has 1 atom stereocenters. The van der Waals surface area contributed by atoms with Crippen LogP contribution >= 0.6 is 0 Å². The van der Waals surface area contributed by atoms with Gasteiger partial charge in [0, 0.05) is 0 Å². The SMILES string of the molecule is C[C@H](Oc1ccccc1)C(=O)OCC(=O)NC(c1ccccc1)c1ccccc1. The molecule has 3 rings (SSSR count). The summed E-state index contributed by atoms with van der Waals surface area (Å²) in [6, 6.07) is 27.9. The monoisotopic (exact) mass is 389 g/mol. The number of benzene rings is 3. The van der Waals surface area contributed by atoms with Crippen molar-refractivity contribution >= 4 is 11.9 Å². The minimum absolute atomic E-state index is 0.332. The Kier molecular flexibility index (Phi) is 7.00. The van der Waals surface area contributed by atoms with Gasteiger partial charge in [-0.25, -0.2) is 4.79 Å². The molecule has 0 aromatic heterocycles. The van der Waals surface area contributed by atoms with Gasteiger partial charge in [0.15, 0.2) is 12.7 Å². The maximum Gasteiger partial charge on any atom is 0.347 e. The fraction of sp³-hybridized carbons (Fsp3) is 0.167. The molecule has 0 radical (unpaired) electrons. The lowest BCUT2D eigenvalue weighted by Gasteiger charge is -2.20. The van der Waals surface area contributed by atoms with Crippen molar-refractivity contribution in [2.75, 3.05) is 6.61 Å². The van der Waals surface area contributed by atoms with E-state index in [-0.39, 0.29) is 18.6 Å². The van der Waals surface area contributed by atoms with Crippen molar-refractivity contribution < 1.29 is 19.1 Å². The van der Waals surface area contributed by atoms with Gasteiger partial charge in [0.1, 0.15) is 5.75 Å². The van der Waals surface area contributed by atoms with E-state index in [0.29, 0.717) is 5.75 Å². The van der Waals surface area contributed by atoms with Gasteiger partial charge in [-0.2, -0.15) is 0 Å². The number of esters is 1. The molecule has 0 aliphatic carbocycles. The Bertz CT molecular complexity index is 874. The first-order valence-corrected chi connectivity index (χ1v) is 9.41. The Morgan fingerprint density at radius 1 is 0.793 bits per heavy atom. The highest BCUT2D eigenvalue weighted by atomic mass is 16.6. The van der Waals surface area contributed by atoms with E-state index < -0.39 is 12.1 Å². The van der Waals surface area contributed by atoms with Gasteiger partial charge in [0.25, 0.3) is 5.91 Å². The van der Waals surface area contributed by atoms with Crippen LogP contribution in [-0.2, 0) is 14.3 Å². The van der Waals surface area contributed by atoms with Gasteiger partial charge in [-0.05, 0) is 30.2 Å². The molecule has 0 saturated heterocycles. The van der Waals surface area contributed by atoms with Crippen molar-refractivity contribution in [2.24, 2.45) is 0 Å². The number of carbonyl (C=O) groups is 2. The highest BCUT2D eigenvalue weighted by Crippen LogP contribution is 2.21. The molecule has 5 heteroatoms. The van der Waals surface area contributed by atoms with E-state index in [9.17, 15) is 9.59 Å². The van der Waals surface area contributed by atoms with Crippen molar-refractivity contribution in [1.29, 1.82) is 0 Å². The minimum Gasteiger partial charge on any atom is -0.479 e. The van der Waals surface area contributed by atoms with E-state index in [1.54, 1.807) is 19.1 Å². The van der Waals surface area contributed by atoms with Crippen LogP contribution in [0.2, 0.25) is 0 Å². The summed E-state index contributed by atoms with van der Waals surface area (Å²) in [6.45, 7) is 1.21. The summed E-state index contributed by atoms with van der Waals surface area (Å²) in [6.07, 6.45) is -0.816. The molecule has 0 fully saturated rings. The number of hydrogen-bond donors (Lipinski definition) is 1. The molecule has 0 aliphatic heterocycles. The van der Waals surface area contributed by atoms with E-state index >= 15 is 0 Å². The van der Waals surface area contributed by atoms with Gasteiger partial charge in [-0.3, -0.25) is 4.79 Å². The second kappa shape index (κ2) is 10.1. The number of ether oxygens (including phenoxy) is 2. The third kappa shape index (κ3) is 5.94. The third-order valence-corrected chi connectivity index (χ3v) is 4.30. The Labute approximate surface area is 170 Å². The number of amides is 1. The van der Waals surface area contributed by atoms with E-state index in [1.165, 1.54) is 0 Å². The smallest absolute Gasteiger partial charge is 0.347 e. The van der Waals surface area contributed by atoms with E-state index in [1.807, 2.05) is 78.9 Å². The van der Waals surface area contributed by atoms with E-state index in [4.69, 9.17) is 9.47 Å². The molecule has 5 nitrogen and oxygen atoms in total. The summed E-state index contributed by atoms with van der Waals surface area (Å²) >= 11 is 0. The summed E-state index contributed by atoms with van der Waals surface area (Å²) in [4.78, 5) is 24.6. The van der Waals surface area contributed by atoms with Gasteiger partial charge >= 0.3 is 5.97 Å². The molecule has 0 unspecified atom stereocenters. The number of carbonyl (C=O) groups excluding carboxylic acids is 2. The first-order valence-electron chi connectivity index (χ1n) is 9.41.